The van der Waals surface area contributed by atoms with Gasteiger partial charge in [-0.2, -0.15) is 5.26 Å². The van der Waals surface area contributed by atoms with Gasteiger partial charge < -0.3 is 5.11 Å². The van der Waals surface area contributed by atoms with Crippen molar-refractivity contribution >= 4 is 0 Å². The Kier molecular flexibility index (Phi) is 3.24. The molecule has 0 heterocycles. The Bertz CT molecular complexity index is 324. The fraction of sp³-hybridized carbons (Fsp3) is 0.182. The van der Waals surface area contributed by atoms with Crippen molar-refractivity contribution in [3.8, 4) is 6.07 Å². The predicted octanol–water partition coefficient (Wildman–Crippen LogP) is 2.19. The number of rotatable bonds is 3. The molecule has 66 valence electrons. The molecule has 0 aromatic heterocycles. The maximum atomic E-state index is 9.61. The summed E-state index contributed by atoms with van der Waals surface area (Å²) in [5.74, 6) is 0. The van der Waals surface area contributed by atoms with Gasteiger partial charge in [-0.15, -0.1) is 0 Å². The monoisotopic (exact) mass is 173 g/mol. The summed E-state index contributed by atoms with van der Waals surface area (Å²) in [6, 6.07) is 11.2. The molecule has 0 aliphatic carbocycles. The van der Waals surface area contributed by atoms with Crippen molar-refractivity contribution < 1.29 is 5.11 Å². The summed E-state index contributed by atoms with van der Waals surface area (Å²) in [5, 5.41) is 18.1. The average molecular weight is 173 g/mol. The summed E-state index contributed by atoms with van der Waals surface area (Å²) in [4.78, 5) is 0. The van der Waals surface area contributed by atoms with Crippen LogP contribution in [0.4, 0.5) is 0 Å². The van der Waals surface area contributed by atoms with Crippen LogP contribution in [0, 0.1) is 11.3 Å². The lowest BCUT2D eigenvalue weighted by molar-refractivity contribution is 0.179. The molecule has 0 bridgehead atoms. The minimum atomic E-state index is -0.617. The van der Waals surface area contributed by atoms with E-state index in [1.54, 1.807) is 0 Å². The van der Waals surface area contributed by atoms with Gasteiger partial charge in [0.2, 0.25) is 0 Å². The number of nitriles is 1. The normalized spacial score (nSPS) is 11.7. The Morgan fingerprint density at radius 2 is 2.08 bits per heavy atom. The third-order valence-corrected chi connectivity index (χ3v) is 1.78. The second kappa shape index (κ2) is 4.44. The van der Waals surface area contributed by atoms with Gasteiger partial charge >= 0.3 is 0 Å². The zero-order chi connectivity index (χ0) is 9.68. The van der Waals surface area contributed by atoms with Crippen LogP contribution in [0.3, 0.4) is 0 Å². The van der Waals surface area contributed by atoms with Gasteiger partial charge in [-0.05, 0) is 5.56 Å². The van der Waals surface area contributed by atoms with Crippen molar-refractivity contribution in [1.82, 2.24) is 0 Å². The summed E-state index contributed by atoms with van der Waals surface area (Å²) in [6.07, 6.45) is -0.311. The van der Waals surface area contributed by atoms with Gasteiger partial charge in [0.15, 0.2) is 0 Å². The van der Waals surface area contributed by atoms with Gasteiger partial charge in [-0.1, -0.05) is 36.9 Å². The molecule has 0 amide bonds. The number of nitrogens with zero attached hydrogens (tertiary/aromatic N) is 1. The minimum Gasteiger partial charge on any atom is -0.388 e. The summed E-state index contributed by atoms with van der Waals surface area (Å²) in [7, 11) is 0. The van der Waals surface area contributed by atoms with Crippen LogP contribution in [0.25, 0.3) is 0 Å². The zero-order valence-electron chi connectivity index (χ0n) is 7.27. The van der Waals surface area contributed by atoms with E-state index in [4.69, 9.17) is 5.26 Å². The van der Waals surface area contributed by atoms with Gasteiger partial charge in [0, 0.05) is 12.0 Å². The third kappa shape index (κ3) is 2.73. The van der Waals surface area contributed by atoms with Crippen LogP contribution < -0.4 is 0 Å². The fourth-order valence-electron chi connectivity index (χ4n) is 1.07. The molecule has 0 fully saturated rings. The fourth-order valence-corrected chi connectivity index (χ4v) is 1.07. The summed E-state index contributed by atoms with van der Waals surface area (Å²) >= 11 is 0. The molecule has 1 unspecified atom stereocenters. The summed E-state index contributed by atoms with van der Waals surface area (Å²) in [5.41, 5.74) is 1.22. The molecule has 0 aliphatic rings. The van der Waals surface area contributed by atoms with Crippen LogP contribution in [0.1, 0.15) is 18.1 Å². The molecular weight excluding hydrogens is 162 g/mol. The van der Waals surface area contributed by atoms with E-state index in [-0.39, 0.29) is 0 Å². The first-order valence-electron chi connectivity index (χ1n) is 4.05. The Morgan fingerprint density at radius 3 is 2.62 bits per heavy atom. The second-order valence-electron chi connectivity index (χ2n) is 2.85. The van der Waals surface area contributed by atoms with Crippen LogP contribution in [0.2, 0.25) is 0 Å². The van der Waals surface area contributed by atoms with Gasteiger partial charge in [0.05, 0.1) is 12.2 Å². The molecule has 1 rings (SSSR count). The first kappa shape index (κ1) is 9.50. The van der Waals surface area contributed by atoms with E-state index in [1.165, 1.54) is 0 Å². The summed E-state index contributed by atoms with van der Waals surface area (Å²) in [6.45, 7) is 3.52. The van der Waals surface area contributed by atoms with Crippen LogP contribution >= 0.6 is 0 Å². The quantitative estimate of drug-likeness (QED) is 0.712. The smallest absolute Gasteiger partial charge is 0.0941 e. The molecule has 1 atom stereocenters. The first-order valence-corrected chi connectivity index (χ1v) is 4.05. The van der Waals surface area contributed by atoms with E-state index in [9.17, 15) is 5.11 Å². The Hall–Kier alpha value is -1.59. The number of aliphatic hydroxyl groups excluding tert-OH is 1. The zero-order valence-corrected chi connectivity index (χ0v) is 7.27. The van der Waals surface area contributed by atoms with Crippen molar-refractivity contribution in [2.45, 2.75) is 12.5 Å². The third-order valence-electron chi connectivity index (χ3n) is 1.78. The van der Waals surface area contributed by atoms with Gasteiger partial charge in [-0.3, -0.25) is 0 Å². The standard InChI is InChI=1S/C11H11NO/c1-9(8-12)7-11(13)10-5-3-2-4-6-10/h2-6,11,13H,1,7H2. The lowest BCUT2D eigenvalue weighted by Crippen LogP contribution is -1.97. The highest BCUT2D eigenvalue weighted by molar-refractivity contribution is 5.23. The first-order chi connectivity index (χ1) is 6.24. The topological polar surface area (TPSA) is 44.0 Å². The van der Waals surface area contributed by atoms with Crippen molar-refractivity contribution in [3.05, 3.63) is 48.0 Å². The lowest BCUT2D eigenvalue weighted by Gasteiger charge is -2.08. The predicted molar refractivity (Wildman–Crippen MR) is 50.8 cm³/mol. The lowest BCUT2D eigenvalue weighted by atomic mass is 10.0. The molecule has 2 heteroatoms. The van der Waals surface area contributed by atoms with E-state index in [2.05, 4.69) is 6.58 Å². The molecule has 0 spiro atoms. The number of hydrogen-bond acceptors (Lipinski definition) is 2. The van der Waals surface area contributed by atoms with Crippen LogP contribution in [0.5, 0.6) is 0 Å². The maximum Gasteiger partial charge on any atom is 0.0941 e. The van der Waals surface area contributed by atoms with E-state index in [0.717, 1.165) is 5.56 Å². The van der Waals surface area contributed by atoms with Crippen LogP contribution in [0.15, 0.2) is 42.5 Å². The molecule has 13 heavy (non-hydrogen) atoms. The molecular formula is C11H11NO. The van der Waals surface area contributed by atoms with Crippen LogP contribution in [-0.4, -0.2) is 5.11 Å². The van der Waals surface area contributed by atoms with E-state index in [1.807, 2.05) is 36.4 Å². The molecule has 0 saturated carbocycles. The van der Waals surface area contributed by atoms with Gasteiger partial charge in [-0.25, -0.2) is 0 Å². The number of benzene rings is 1. The number of aliphatic hydroxyl groups is 1. The van der Waals surface area contributed by atoms with Crippen molar-refractivity contribution in [2.24, 2.45) is 0 Å². The van der Waals surface area contributed by atoms with Crippen molar-refractivity contribution in [3.63, 3.8) is 0 Å². The molecule has 2 nitrogen and oxygen atoms in total. The highest BCUT2D eigenvalue weighted by Gasteiger charge is 2.07. The Morgan fingerprint density at radius 1 is 1.46 bits per heavy atom. The minimum absolute atomic E-state index is 0.306. The van der Waals surface area contributed by atoms with Crippen molar-refractivity contribution in [1.29, 1.82) is 5.26 Å². The molecule has 1 aromatic rings. The second-order valence-corrected chi connectivity index (χ2v) is 2.85. The van der Waals surface area contributed by atoms with E-state index < -0.39 is 6.10 Å². The molecule has 0 radical (unpaired) electrons. The van der Waals surface area contributed by atoms with E-state index >= 15 is 0 Å². The van der Waals surface area contributed by atoms with Gasteiger partial charge in [0.25, 0.3) is 0 Å². The maximum absolute atomic E-state index is 9.61. The number of hydrogen-bond donors (Lipinski definition) is 1. The molecule has 0 saturated heterocycles. The largest absolute Gasteiger partial charge is 0.388 e. The molecule has 1 aromatic carbocycles. The average Bonchev–Trinajstić information content (AvgIpc) is 2.19. The Labute approximate surface area is 77.8 Å². The van der Waals surface area contributed by atoms with Crippen molar-refractivity contribution in [2.75, 3.05) is 0 Å². The van der Waals surface area contributed by atoms with Crippen LogP contribution in [-0.2, 0) is 0 Å². The molecule has 1 N–H and O–H groups in total. The summed E-state index contributed by atoms with van der Waals surface area (Å²) < 4.78 is 0. The highest BCUT2D eigenvalue weighted by Crippen LogP contribution is 2.18. The van der Waals surface area contributed by atoms with Gasteiger partial charge in [0.1, 0.15) is 0 Å². The Balaban J connectivity index is 2.65. The molecule has 0 aliphatic heterocycles. The highest BCUT2D eigenvalue weighted by atomic mass is 16.3. The van der Waals surface area contributed by atoms with E-state index in [0.29, 0.717) is 12.0 Å². The SMILES string of the molecule is C=C(C#N)CC(O)c1ccccc1.